The van der Waals surface area contributed by atoms with Gasteiger partial charge >= 0.3 is 0 Å². The molecule has 0 spiro atoms. The molecule has 1 aromatic heterocycles. The van der Waals surface area contributed by atoms with Crippen molar-refractivity contribution in [1.82, 2.24) is 9.88 Å². The number of hydrogen-bond donors (Lipinski definition) is 1. The maximum atomic E-state index is 12.7. The molecule has 0 saturated carbocycles. The predicted molar refractivity (Wildman–Crippen MR) is 83.6 cm³/mol. The van der Waals surface area contributed by atoms with Gasteiger partial charge in [-0.25, -0.2) is 0 Å². The zero-order valence-corrected chi connectivity index (χ0v) is 13.0. The smallest absolute Gasteiger partial charge is 0.255 e. The third-order valence-corrected chi connectivity index (χ3v) is 4.08. The molecule has 1 unspecified atom stereocenters. The fourth-order valence-electron chi connectivity index (χ4n) is 2.65. The van der Waals surface area contributed by atoms with E-state index in [-0.39, 0.29) is 17.9 Å². The molecule has 0 radical (unpaired) electrons. The van der Waals surface area contributed by atoms with Crippen LogP contribution in [0.3, 0.4) is 0 Å². The van der Waals surface area contributed by atoms with Crippen LogP contribution in [-0.2, 0) is 0 Å². The van der Waals surface area contributed by atoms with Crippen LogP contribution >= 0.6 is 0 Å². The van der Waals surface area contributed by atoms with Crippen molar-refractivity contribution in [3.05, 3.63) is 29.6 Å². The second kappa shape index (κ2) is 6.28. The van der Waals surface area contributed by atoms with Crippen molar-refractivity contribution in [2.75, 3.05) is 19.6 Å². The Bertz CT molecular complexity index is 578. The molecule has 0 aliphatic carbocycles. The van der Waals surface area contributed by atoms with E-state index >= 15 is 0 Å². The molecular formula is C17H23N3O. The molecule has 1 atom stereocenters. The SMILES string of the molecule is CC(C)(C)C1CCN(C(=O)c2ccncc2C#CCN)C1. The monoisotopic (exact) mass is 285 g/mol. The summed E-state index contributed by atoms with van der Waals surface area (Å²) in [7, 11) is 0. The van der Waals surface area contributed by atoms with Gasteiger partial charge in [-0.05, 0) is 23.8 Å². The van der Waals surface area contributed by atoms with E-state index in [1.165, 1.54) is 0 Å². The Morgan fingerprint density at radius 1 is 1.52 bits per heavy atom. The molecule has 1 aromatic rings. The zero-order chi connectivity index (χ0) is 15.5. The second-order valence-electron chi connectivity index (χ2n) is 6.53. The van der Waals surface area contributed by atoms with Gasteiger partial charge in [-0.15, -0.1) is 0 Å². The Hall–Kier alpha value is -1.86. The molecule has 1 fully saturated rings. The van der Waals surface area contributed by atoms with E-state index in [9.17, 15) is 4.79 Å². The van der Waals surface area contributed by atoms with Crippen molar-refractivity contribution < 1.29 is 4.79 Å². The molecule has 2 N–H and O–H groups in total. The van der Waals surface area contributed by atoms with Gasteiger partial charge in [-0.1, -0.05) is 32.6 Å². The summed E-state index contributed by atoms with van der Waals surface area (Å²) >= 11 is 0. The fraction of sp³-hybridized carbons (Fsp3) is 0.529. The number of carbonyl (C=O) groups is 1. The third kappa shape index (κ3) is 3.62. The highest BCUT2D eigenvalue weighted by Crippen LogP contribution is 2.34. The topological polar surface area (TPSA) is 59.2 Å². The van der Waals surface area contributed by atoms with E-state index in [0.717, 1.165) is 19.5 Å². The molecule has 1 aliphatic rings. The normalized spacial score (nSPS) is 18.3. The van der Waals surface area contributed by atoms with Crippen LogP contribution in [0, 0.1) is 23.2 Å². The fourth-order valence-corrected chi connectivity index (χ4v) is 2.65. The average Bonchev–Trinajstić information content (AvgIpc) is 2.94. The third-order valence-electron chi connectivity index (χ3n) is 4.08. The van der Waals surface area contributed by atoms with Gasteiger partial charge in [0.25, 0.3) is 5.91 Å². The summed E-state index contributed by atoms with van der Waals surface area (Å²) in [5.41, 5.74) is 6.92. The van der Waals surface area contributed by atoms with E-state index in [4.69, 9.17) is 5.73 Å². The standard InChI is InChI=1S/C17H23N3O/c1-17(2,3)14-7-10-20(12-14)16(21)15-6-9-19-11-13(15)5-4-8-18/h6,9,11,14H,7-8,10,12,18H2,1-3H3. The summed E-state index contributed by atoms with van der Waals surface area (Å²) in [6, 6.07) is 1.74. The maximum Gasteiger partial charge on any atom is 0.255 e. The van der Waals surface area contributed by atoms with Crippen LogP contribution in [-0.4, -0.2) is 35.4 Å². The Kier molecular flexibility index (Phi) is 4.64. The van der Waals surface area contributed by atoms with Crippen molar-refractivity contribution >= 4 is 5.91 Å². The number of carbonyl (C=O) groups excluding carboxylic acids is 1. The number of nitrogens with two attached hydrogens (primary N) is 1. The van der Waals surface area contributed by atoms with Gasteiger partial charge in [0.2, 0.25) is 0 Å². The average molecular weight is 285 g/mol. The van der Waals surface area contributed by atoms with Crippen LogP contribution in [0.15, 0.2) is 18.5 Å². The molecule has 2 rings (SSSR count). The van der Waals surface area contributed by atoms with E-state index in [2.05, 4.69) is 37.6 Å². The molecular weight excluding hydrogens is 262 g/mol. The molecule has 4 nitrogen and oxygen atoms in total. The van der Waals surface area contributed by atoms with Gasteiger partial charge in [0.05, 0.1) is 17.7 Å². The van der Waals surface area contributed by atoms with Crippen LogP contribution in [0.2, 0.25) is 0 Å². The lowest BCUT2D eigenvalue weighted by Crippen LogP contribution is -2.31. The first kappa shape index (κ1) is 15.5. The van der Waals surface area contributed by atoms with Gasteiger partial charge in [-0.3, -0.25) is 9.78 Å². The number of nitrogens with zero attached hydrogens (tertiary/aromatic N) is 2. The van der Waals surface area contributed by atoms with Crippen molar-refractivity contribution in [3.63, 3.8) is 0 Å². The van der Waals surface area contributed by atoms with Crippen molar-refractivity contribution in [2.24, 2.45) is 17.1 Å². The Morgan fingerprint density at radius 2 is 2.29 bits per heavy atom. The van der Waals surface area contributed by atoms with Gasteiger partial charge in [0, 0.05) is 25.5 Å². The molecule has 0 aromatic carbocycles. The summed E-state index contributed by atoms with van der Waals surface area (Å²) in [4.78, 5) is 18.7. The summed E-state index contributed by atoms with van der Waals surface area (Å²) < 4.78 is 0. The van der Waals surface area contributed by atoms with Gasteiger partial charge in [0.1, 0.15) is 0 Å². The quantitative estimate of drug-likeness (QED) is 0.802. The number of rotatable bonds is 1. The van der Waals surface area contributed by atoms with Crippen LogP contribution < -0.4 is 5.73 Å². The first-order valence-corrected chi connectivity index (χ1v) is 7.35. The molecule has 1 aliphatic heterocycles. The minimum atomic E-state index is 0.0467. The second-order valence-corrected chi connectivity index (χ2v) is 6.53. The van der Waals surface area contributed by atoms with E-state index in [1.807, 2.05) is 4.90 Å². The number of pyridine rings is 1. The first-order chi connectivity index (χ1) is 9.93. The zero-order valence-electron chi connectivity index (χ0n) is 13.0. The van der Waals surface area contributed by atoms with Crippen molar-refractivity contribution in [2.45, 2.75) is 27.2 Å². The van der Waals surface area contributed by atoms with E-state index in [1.54, 1.807) is 18.5 Å². The van der Waals surface area contributed by atoms with E-state index in [0.29, 0.717) is 17.0 Å². The molecule has 21 heavy (non-hydrogen) atoms. The minimum absolute atomic E-state index is 0.0467. The number of likely N-dealkylation sites (tertiary alicyclic amines) is 1. The largest absolute Gasteiger partial charge is 0.338 e. The molecule has 1 saturated heterocycles. The van der Waals surface area contributed by atoms with Crippen molar-refractivity contribution in [1.29, 1.82) is 0 Å². The highest BCUT2D eigenvalue weighted by atomic mass is 16.2. The van der Waals surface area contributed by atoms with E-state index < -0.39 is 0 Å². The van der Waals surface area contributed by atoms with Crippen LogP contribution in [0.5, 0.6) is 0 Å². The molecule has 4 heteroatoms. The summed E-state index contributed by atoms with van der Waals surface area (Å²) in [5, 5.41) is 0. The molecule has 2 heterocycles. The lowest BCUT2D eigenvalue weighted by atomic mass is 9.80. The molecule has 112 valence electrons. The maximum absolute atomic E-state index is 12.7. The lowest BCUT2D eigenvalue weighted by Gasteiger charge is -2.27. The Labute approximate surface area is 126 Å². The molecule has 1 amide bonds. The molecule has 0 bridgehead atoms. The van der Waals surface area contributed by atoms with Gasteiger partial charge in [-0.2, -0.15) is 0 Å². The van der Waals surface area contributed by atoms with Gasteiger partial charge < -0.3 is 10.6 Å². The Balaban J connectivity index is 2.18. The highest BCUT2D eigenvalue weighted by Gasteiger charge is 2.34. The van der Waals surface area contributed by atoms with Crippen LogP contribution in [0.25, 0.3) is 0 Å². The number of aromatic nitrogens is 1. The highest BCUT2D eigenvalue weighted by molar-refractivity contribution is 5.96. The van der Waals surface area contributed by atoms with Crippen LogP contribution in [0.4, 0.5) is 0 Å². The number of hydrogen-bond acceptors (Lipinski definition) is 3. The summed E-state index contributed by atoms with van der Waals surface area (Å²) in [5.74, 6) is 6.31. The van der Waals surface area contributed by atoms with Crippen molar-refractivity contribution in [3.8, 4) is 11.8 Å². The number of amides is 1. The van der Waals surface area contributed by atoms with Gasteiger partial charge in [0.15, 0.2) is 0 Å². The lowest BCUT2D eigenvalue weighted by molar-refractivity contribution is 0.0776. The summed E-state index contributed by atoms with van der Waals surface area (Å²) in [6.45, 7) is 8.60. The Morgan fingerprint density at radius 3 is 2.90 bits per heavy atom. The minimum Gasteiger partial charge on any atom is -0.338 e. The first-order valence-electron chi connectivity index (χ1n) is 7.35. The predicted octanol–water partition coefficient (Wildman–Crippen LogP) is 1.90. The summed E-state index contributed by atoms with van der Waals surface area (Å²) in [6.07, 6.45) is 4.33. The van der Waals surface area contributed by atoms with Crippen LogP contribution in [0.1, 0.15) is 43.1 Å².